The molecule has 1 heterocycles. The number of amides is 1. The maximum Gasteiger partial charge on any atom is 0.300 e. The van der Waals surface area contributed by atoms with Crippen LogP contribution in [0, 0.1) is 25.5 Å². The third-order valence-corrected chi connectivity index (χ3v) is 6.02. The average Bonchev–Trinajstić information content (AvgIpc) is 3.10. The van der Waals surface area contributed by atoms with E-state index in [2.05, 4.69) is 0 Å². The third kappa shape index (κ3) is 4.41. The average molecular weight is 478 g/mol. The summed E-state index contributed by atoms with van der Waals surface area (Å²) in [5.41, 5.74) is 2.32. The van der Waals surface area contributed by atoms with Gasteiger partial charge in [0.1, 0.15) is 11.5 Å². The molecular weight excluding hydrogens is 452 g/mol. The van der Waals surface area contributed by atoms with Crippen LogP contribution < -0.4 is 9.64 Å². The van der Waals surface area contributed by atoms with Gasteiger partial charge in [0.25, 0.3) is 11.7 Å². The zero-order valence-corrected chi connectivity index (χ0v) is 19.6. The molecule has 180 valence electrons. The first-order valence-corrected chi connectivity index (χ1v) is 11.3. The van der Waals surface area contributed by atoms with Crippen LogP contribution in [0.5, 0.6) is 5.75 Å². The van der Waals surface area contributed by atoms with Crippen LogP contribution in [0.1, 0.15) is 41.6 Å². The summed E-state index contributed by atoms with van der Waals surface area (Å²) < 4.78 is 33.4. The number of nitrogens with zero attached hydrogens (tertiary/aromatic N) is 1. The maximum absolute atomic E-state index is 14.1. The minimum Gasteiger partial charge on any atom is -0.507 e. The highest BCUT2D eigenvalue weighted by Gasteiger charge is 2.47. The number of ketones is 1. The predicted molar refractivity (Wildman–Crippen MR) is 129 cm³/mol. The molecule has 0 bridgehead atoms. The van der Waals surface area contributed by atoms with E-state index in [9.17, 15) is 23.5 Å². The lowest BCUT2D eigenvalue weighted by Gasteiger charge is -2.26. The van der Waals surface area contributed by atoms with Crippen molar-refractivity contribution < 1.29 is 28.2 Å². The lowest BCUT2D eigenvalue weighted by molar-refractivity contribution is -0.132. The number of benzene rings is 3. The van der Waals surface area contributed by atoms with Crippen molar-refractivity contribution in [1.29, 1.82) is 0 Å². The van der Waals surface area contributed by atoms with Crippen LogP contribution >= 0.6 is 0 Å². The highest BCUT2D eigenvalue weighted by atomic mass is 19.2. The number of carbonyl (C=O) groups excluding carboxylic acids is 2. The van der Waals surface area contributed by atoms with Gasteiger partial charge in [0.2, 0.25) is 0 Å². The Balaban J connectivity index is 1.91. The van der Waals surface area contributed by atoms with Gasteiger partial charge in [0, 0.05) is 17.3 Å². The van der Waals surface area contributed by atoms with Crippen molar-refractivity contribution in [3.05, 3.63) is 100 Å². The fourth-order valence-corrected chi connectivity index (χ4v) is 4.25. The summed E-state index contributed by atoms with van der Waals surface area (Å²) in [6.45, 7) is 6.16. The molecule has 1 amide bonds. The molecule has 5 nitrogen and oxygen atoms in total. The van der Waals surface area contributed by atoms with E-state index in [1.807, 2.05) is 26.8 Å². The number of halogens is 2. The van der Waals surface area contributed by atoms with Crippen LogP contribution in [0.3, 0.4) is 0 Å². The molecule has 1 atom stereocenters. The summed E-state index contributed by atoms with van der Waals surface area (Å²) in [6.07, 6.45) is 0.838. The van der Waals surface area contributed by atoms with Gasteiger partial charge in [-0.05, 0) is 67.3 Å². The Morgan fingerprint density at radius 1 is 0.971 bits per heavy atom. The molecule has 0 radical (unpaired) electrons. The molecule has 3 aromatic carbocycles. The molecule has 1 aliphatic rings. The third-order valence-electron chi connectivity index (χ3n) is 6.02. The van der Waals surface area contributed by atoms with E-state index < -0.39 is 29.4 Å². The van der Waals surface area contributed by atoms with Crippen LogP contribution in [0.4, 0.5) is 14.5 Å². The molecule has 4 rings (SSSR count). The summed E-state index contributed by atoms with van der Waals surface area (Å²) in [6, 6.07) is 14.1. The molecule has 35 heavy (non-hydrogen) atoms. The van der Waals surface area contributed by atoms with Crippen molar-refractivity contribution in [3.63, 3.8) is 0 Å². The van der Waals surface area contributed by atoms with Gasteiger partial charge in [-0.2, -0.15) is 0 Å². The molecule has 1 unspecified atom stereocenters. The molecule has 0 saturated carbocycles. The molecule has 0 aliphatic carbocycles. The largest absolute Gasteiger partial charge is 0.507 e. The molecule has 0 aromatic heterocycles. The monoisotopic (exact) mass is 477 g/mol. The van der Waals surface area contributed by atoms with Crippen molar-refractivity contribution in [2.75, 3.05) is 11.5 Å². The van der Waals surface area contributed by atoms with E-state index in [1.54, 1.807) is 36.4 Å². The van der Waals surface area contributed by atoms with Gasteiger partial charge in [0.15, 0.2) is 11.6 Å². The first-order valence-electron chi connectivity index (χ1n) is 11.3. The molecule has 1 N–H and O–H groups in total. The van der Waals surface area contributed by atoms with E-state index in [1.165, 1.54) is 6.07 Å². The second-order valence-electron chi connectivity index (χ2n) is 8.45. The van der Waals surface area contributed by atoms with Crippen molar-refractivity contribution in [2.24, 2.45) is 0 Å². The zero-order chi connectivity index (χ0) is 25.3. The summed E-state index contributed by atoms with van der Waals surface area (Å²) >= 11 is 0. The Kier molecular flexibility index (Phi) is 6.69. The van der Waals surface area contributed by atoms with E-state index in [-0.39, 0.29) is 17.0 Å². The molecular formula is C28H25F2NO4. The summed E-state index contributed by atoms with van der Waals surface area (Å²) in [5.74, 6) is -3.77. The lowest BCUT2D eigenvalue weighted by atomic mass is 9.92. The number of aliphatic hydroxyl groups is 1. The number of anilines is 1. The number of hydrogen-bond acceptors (Lipinski definition) is 4. The number of ether oxygens (including phenoxy) is 1. The van der Waals surface area contributed by atoms with Gasteiger partial charge in [-0.1, -0.05) is 31.2 Å². The minimum atomic E-state index is -1.15. The quantitative estimate of drug-likeness (QED) is 0.269. The van der Waals surface area contributed by atoms with Gasteiger partial charge in [-0.3, -0.25) is 14.5 Å². The molecule has 1 aliphatic heterocycles. The minimum absolute atomic E-state index is 0.0118. The number of rotatable bonds is 6. The van der Waals surface area contributed by atoms with Crippen molar-refractivity contribution >= 4 is 23.1 Å². The first kappa shape index (κ1) is 24.1. The van der Waals surface area contributed by atoms with Crippen molar-refractivity contribution in [3.8, 4) is 5.75 Å². The van der Waals surface area contributed by atoms with Crippen LogP contribution in [-0.2, 0) is 9.59 Å². The van der Waals surface area contributed by atoms with Crippen LogP contribution in [0.25, 0.3) is 5.76 Å². The number of aryl methyl sites for hydroxylation is 2. The highest BCUT2D eigenvalue weighted by molar-refractivity contribution is 6.51. The van der Waals surface area contributed by atoms with Crippen molar-refractivity contribution in [2.45, 2.75) is 33.2 Å². The number of hydrogen-bond donors (Lipinski definition) is 1. The molecule has 3 aromatic rings. The van der Waals surface area contributed by atoms with E-state index >= 15 is 0 Å². The van der Waals surface area contributed by atoms with E-state index in [4.69, 9.17) is 4.74 Å². The smallest absolute Gasteiger partial charge is 0.300 e. The summed E-state index contributed by atoms with van der Waals surface area (Å²) in [4.78, 5) is 27.5. The Bertz CT molecular complexity index is 1350. The molecule has 1 saturated heterocycles. The fourth-order valence-electron chi connectivity index (χ4n) is 4.25. The molecule has 1 fully saturated rings. The maximum atomic E-state index is 14.1. The Morgan fingerprint density at radius 2 is 1.71 bits per heavy atom. The van der Waals surface area contributed by atoms with Crippen LogP contribution in [-0.4, -0.2) is 23.4 Å². The normalized spacial score (nSPS) is 17.2. The lowest BCUT2D eigenvalue weighted by Crippen LogP contribution is -2.30. The van der Waals surface area contributed by atoms with Gasteiger partial charge in [0.05, 0.1) is 18.2 Å². The highest BCUT2D eigenvalue weighted by Crippen LogP contribution is 2.43. The topological polar surface area (TPSA) is 66.8 Å². The Labute approximate surface area is 202 Å². The number of aliphatic hydroxyl groups excluding tert-OH is 1. The zero-order valence-electron chi connectivity index (χ0n) is 19.6. The van der Waals surface area contributed by atoms with Gasteiger partial charge in [-0.15, -0.1) is 0 Å². The van der Waals surface area contributed by atoms with Gasteiger partial charge >= 0.3 is 0 Å². The first-order chi connectivity index (χ1) is 16.7. The van der Waals surface area contributed by atoms with Crippen LogP contribution in [0.2, 0.25) is 0 Å². The standard InChI is InChI=1S/C28H25F2NO4/c1-4-13-35-23-12-9-18(14-17(23)3)26(32)24-25(20-8-6-5-7-16(20)2)31(28(34)27(24)33)19-10-11-21(29)22(30)15-19/h5-12,14-15,25,32H,4,13H2,1-3H3/b26-24+. The summed E-state index contributed by atoms with van der Waals surface area (Å²) in [5, 5.41) is 11.3. The Hall–Kier alpha value is -4.00. The van der Waals surface area contributed by atoms with Crippen LogP contribution in [0.15, 0.2) is 66.2 Å². The number of Topliss-reactive ketones (excluding diaryl/α,β-unsaturated/α-hetero) is 1. The van der Waals surface area contributed by atoms with Gasteiger partial charge in [-0.25, -0.2) is 8.78 Å². The second-order valence-corrected chi connectivity index (χ2v) is 8.45. The van der Waals surface area contributed by atoms with Gasteiger partial charge < -0.3 is 9.84 Å². The molecule has 0 spiro atoms. The van der Waals surface area contributed by atoms with E-state index in [0.717, 1.165) is 34.6 Å². The Morgan fingerprint density at radius 3 is 2.37 bits per heavy atom. The predicted octanol–water partition coefficient (Wildman–Crippen LogP) is 6.00. The number of carbonyl (C=O) groups is 2. The SMILES string of the molecule is CCCOc1ccc(/C(O)=C2\C(=O)C(=O)N(c3ccc(F)c(F)c3)C2c2ccccc2C)cc1C. The second kappa shape index (κ2) is 9.70. The summed E-state index contributed by atoms with van der Waals surface area (Å²) in [7, 11) is 0. The van der Waals surface area contributed by atoms with Crippen molar-refractivity contribution in [1.82, 2.24) is 0 Å². The van der Waals surface area contributed by atoms with E-state index in [0.29, 0.717) is 23.5 Å². The fraction of sp³-hybridized carbons (Fsp3) is 0.214. The molecule has 7 heteroatoms.